The van der Waals surface area contributed by atoms with E-state index in [1.54, 1.807) is 0 Å². The zero-order chi connectivity index (χ0) is 18.1. The Hall–Kier alpha value is -2.19. The number of ether oxygens (including phenoxy) is 1. The number of hydrogen-bond donors (Lipinski definition) is 0. The second-order valence-electron chi connectivity index (χ2n) is 7.09. The third-order valence-electron chi connectivity index (χ3n) is 5.29. The maximum atomic E-state index is 12.7. The summed E-state index contributed by atoms with van der Waals surface area (Å²) in [7, 11) is 0. The van der Waals surface area contributed by atoms with E-state index in [9.17, 15) is 4.79 Å². The van der Waals surface area contributed by atoms with Crippen LogP contribution in [0.1, 0.15) is 35.2 Å². The van der Waals surface area contributed by atoms with Gasteiger partial charge in [-0.1, -0.05) is 5.16 Å². The Balaban J connectivity index is 1.48. The van der Waals surface area contributed by atoms with Crippen LogP contribution in [0, 0.1) is 13.8 Å². The van der Waals surface area contributed by atoms with Crippen LogP contribution in [0.25, 0.3) is 0 Å². The van der Waals surface area contributed by atoms with Gasteiger partial charge in [-0.15, -0.1) is 0 Å². The topological polar surface area (TPSA) is 76.6 Å². The Bertz CT molecular complexity index is 758. The molecule has 8 nitrogen and oxygen atoms in total. The van der Waals surface area contributed by atoms with E-state index in [0.717, 1.165) is 42.3 Å². The Labute approximate surface area is 152 Å². The zero-order valence-electron chi connectivity index (χ0n) is 15.3. The lowest BCUT2D eigenvalue weighted by molar-refractivity contribution is -0.136. The van der Waals surface area contributed by atoms with E-state index in [1.165, 1.54) is 0 Å². The number of morpholine rings is 1. The average Bonchev–Trinajstić information content (AvgIpc) is 3.24. The molecule has 1 fully saturated rings. The van der Waals surface area contributed by atoms with Crippen LogP contribution < -0.4 is 0 Å². The molecule has 0 spiro atoms. The first-order valence-electron chi connectivity index (χ1n) is 9.14. The average molecular weight is 359 g/mol. The van der Waals surface area contributed by atoms with E-state index in [4.69, 9.17) is 9.26 Å². The second-order valence-corrected chi connectivity index (χ2v) is 7.09. The van der Waals surface area contributed by atoms with Crippen molar-refractivity contribution in [2.24, 2.45) is 0 Å². The molecule has 8 heteroatoms. The van der Waals surface area contributed by atoms with E-state index in [2.05, 4.69) is 15.2 Å². The molecule has 0 radical (unpaired) electrons. The summed E-state index contributed by atoms with van der Waals surface area (Å²) >= 11 is 0. The number of amides is 1. The van der Waals surface area contributed by atoms with Crippen molar-refractivity contribution >= 4 is 5.91 Å². The van der Waals surface area contributed by atoms with Crippen LogP contribution in [-0.2, 0) is 22.6 Å². The highest BCUT2D eigenvalue weighted by molar-refractivity contribution is 5.76. The van der Waals surface area contributed by atoms with Crippen molar-refractivity contribution < 1.29 is 14.1 Å². The van der Waals surface area contributed by atoms with Crippen LogP contribution in [0.3, 0.4) is 0 Å². The van der Waals surface area contributed by atoms with Gasteiger partial charge in [0.05, 0.1) is 37.1 Å². The molecular formula is C18H25N5O3. The van der Waals surface area contributed by atoms with Gasteiger partial charge in [0.1, 0.15) is 5.76 Å². The number of rotatable bonds is 4. The Morgan fingerprint density at radius 1 is 1.31 bits per heavy atom. The SMILES string of the molecule is Cc1noc(C)c1CN1Cc2ccnn2[C@H](CC(=O)N2CCOCC2)C1. The van der Waals surface area contributed by atoms with Crippen molar-refractivity contribution in [3.8, 4) is 0 Å². The molecule has 26 heavy (non-hydrogen) atoms. The molecule has 140 valence electrons. The summed E-state index contributed by atoms with van der Waals surface area (Å²) in [6, 6.07) is 2.08. The van der Waals surface area contributed by atoms with Gasteiger partial charge < -0.3 is 14.2 Å². The molecule has 1 saturated heterocycles. The lowest BCUT2D eigenvalue weighted by Gasteiger charge is -2.35. The minimum atomic E-state index is 0.0459. The minimum absolute atomic E-state index is 0.0459. The second kappa shape index (κ2) is 7.20. The molecule has 4 rings (SSSR count). The fraction of sp³-hybridized carbons (Fsp3) is 0.611. The molecule has 2 aromatic rings. The van der Waals surface area contributed by atoms with Gasteiger partial charge in [0, 0.05) is 44.5 Å². The number of carbonyl (C=O) groups is 1. The molecule has 0 bridgehead atoms. The lowest BCUT2D eigenvalue weighted by Crippen LogP contribution is -2.44. The van der Waals surface area contributed by atoms with E-state index in [-0.39, 0.29) is 11.9 Å². The fourth-order valence-corrected chi connectivity index (χ4v) is 3.83. The van der Waals surface area contributed by atoms with Gasteiger partial charge in [0.25, 0.3) is 0 Å². The third kappa shape index (κ3) is 3.39. The van der Waals surface area contributed by atoms with E-state index < -0.39 is 0 Å². The number of fused-ring (bicyclic) bond motifs is 1. The van der Waals surface area contributed by atoms with E-state index in [1.807, 2.05) is 35.7 Å². The fourth-order valence-electron chi connectivity index (χ4n) is 3.83. The molecule has 0 aliphatic carbocycles. The summed E-state index contributed by atoms with van der Waals surface area (Å²) in [5.74, 6) is 1.04. The highest BCUT2D eigenvalue weighted by Crippen LogP contribution is 2.26. The monoisotopic (exact) mass is 359 g/mol. The Kier molecular flexibility index (Phi) is 4.78. The van der Waals surface area contributed by atoms with Crippen molar-refractivity contribution in [2.75, 3.05) is 32.8 Å². The lowest BCUT2D eigenvalue weighted by atomic mass is 10.1. The summed E-state index contributed by atoms with van der Waals surface area (Å²) < 4.78 is 12.7. The zero-order valence-corrected chi connectivity index (χ0v) is 15.3. The normalized spacial score (nSPS) is 21.0. The maximum absolute atomic E-state index is 12.7. The summed E-state index contributed by atoms with van der Waals surface area (Å²) in [5, 5.41) is 8.52. The van der Waals surface area contributed by atoms with Crippen molar-refractivity contribution in [3.63, 3.8) is 0 Å². The van der Waals surface area contributed by atoms with Crippen molar-refractivity contribution in [2.45, 2.75) is 39.4 Å². The van der Waals surface area contributed by atoms with Crippen LogP contribution in [0.15, 0.2) is 16.8 Å². The maximum Gasteiger partial charge on any atom is 0.224 e. The van der Waals surface area contributed by atoms with Crippen molar-refractivity contribution in [3.05, 3.63) is 35.0 Å². The van der Waals surface area contributed by atoms with Gasteiger partial charge in [-0.2, -0.15) is 5.10 Å². The molecule has 2 aliphatic heterocycles. The smallest absolute Gasteiger partial charge is 0.224 e. The van der Waals surface area contributed by atoms with Crippen LogP contribution in [-0.4, -0.2) is 63.5 Å². The molecule has 0 saturated carbocycles. The highest BCUT2D eigenvalue weighted by atomic mass is 16.5. The van der Waals surface area contributed by atoms with Crippen LogP contribution >= 0.6 is 0 Å². The number of nitrogens with zero attached hydrogens (tertiary/aromatic N) is 5. The quantitative estimate of drug-likeness (QED) is 0.819. The minimum Gasteiger partial charge on any atom is -0.378 e. The molecule has 2 aliphatic rings. The molecular weight excluding hydrogens is 334 g/mol. The molecule has 1 atom stereocenters. The highest BCUT2D eigenvalue weighted by Gasteiger charge is 2.30. The standard InChI is InChI=1S/C18H25N5O3/c1-13-17(14(2)26-20-13)12-21-10-15-3-4-19-23(15)16(11-21)9-18(24)22-5-7-25-8-6-22/h3-4,16H,5-12H2,1-2H3/t16-/m1/s1. The first-order chi connectivity index (χ1) is 12.6. The van der Waals surface area contributed by atoms with Gasteiger partial charge >= 0.3 is 0 Å². The summed E-state index contributed by atoms with van der Waals surface area (Å²) in [5.41, 5.74) is 3.21. The first-order valence-corrected chi connectivity index (χ1v) is 9.14. The number of aromatic nitrogens is 3. The molecule has 0 N–H and O–H groups in total. The molecule has 0 unspecified atom stereocenters. The van der Waals surface area contributed by atoms with Crippen molar-refractivity contribution in [1.29, 1.82) is 0 Å². The van der Waals surface area contributed by atoms with Gasteiger partial charge in [0.2, 0.25) is 5.91 Å². The molecule has 2 aromatic heterocycles. The first kappa shape index (κ1) is 17.2. The molecule has 0 aromatic carbocycles. The number of aryl methyl sites for hydroxylation is 2. The van der Waals surface area contributed by atoms with Crippen molar-refractivity contribution in [1.82, 2.24) is 24.7 Å². The summed E-state index contributed by atoms with van der Waals surface area (Å²) in [6.07, 6.45) is 2.29. The number of carbonyl (C=O) groups excluding carboxylic acids is 1. The third-order valence-corrected chi connectivity index (χ3v) is 5.29. The predicted octanol–water partition coefficient (Wildman–Crippen LogP) is 1.29. The Morgan fingerprint density at radius 3 is 2.85 bits per heavy atom. The molecule has 1 amide bonds. The molecule has 4 heterocycles. The van der Waals surface area contributed by atoms with Crippen LogP contribution in [0.5, 0.6) is 0 Å². The number of hydrogen-bond acceptors (Lipinski definition) is 6. The van der Waals surface area contributed by atoms with Gasteiger partial charge in [0.15, 0.2) is 0 Å². The van der Waals surface area contributed by atoms with E-state index >= 15 is 0 Å². The predicted molar refractivity (Wildman–Crippen MR) is 93.4 cm³/mol. The largest absolute Gasteiger partial charge is 0.378 e. The van der Waals surface area contributed by atoms with E-state index in [0.29, 0.717) is 32.7 Å². The van der Waals surface area contributed by atoms with Gasteiger partial charge in [-0.25, -0.2) is 0 Å². The van der Waals surface area contributed by atoms with Crippen LogP contribution in [0.4, 0.5) is 0 Å². The summed E-state index contributed by atoms with van der Waals surface area (Å²) in [4.78, 5) is 17.0. The van der Waals surface area contributed by atoms with Gasteiger partial charge in [-0.05, 0) is 19.9 Å². The summed E-state index contributed by atoms with van der Waals surface area (Å²) in [6.45, 7) is 8.90. The van der Waals surface area contributed by atoms with Gasteiger partial charge in [-0.3, -0.25) is 14.4 Å². The van der Waals surface area contributed by atoms with Crippen LogP contribution in [0.2, 0.25) is 0 Å². The Morgan fingerprint density at radius 2 is 2.12 bits per heavy atom.